The Kier molecular flexibility index (Phi) is 2.85. The number of carboxylic acids is 1. The standard InChI is InChI=1S/C14H12N2O4/c17-12-8-4-1-2-5-9(8)13(18)16(12)11-7-3-6-10(15-11)14(19)20/h1-3,6-9H,4-5H2,(H,19,20)/t8-,9+. The molecule has 1 aliphatic heterocycles. The molecule has 1 fully saturated rings. The fraction of sp³-hybridized carbons (Fsp3) is 0.286. The highest BCUT2D eigenvalue weighted by molar-refractivity contribution is 6.21. The summed E-state index contributed by atoms with van der Waals surface area (Å²) in [6.45, 7) is 0. The number of aromatic nitrogens is 1. The van der Waals surface area contributed by atoms with E-state index in [1.807, 2.05) is 12.2 Å². The van der Waals surface area contributed by atoms with Gasteiger partial charge in [0, 0.05) is 0 Å². The number of imide groups is 1. The van der Waals surface area contributed by atoms with Crippen LogP contribution in [-0.4, -0.2) is 27.9 Å². The molecule has 0 spiro atoms. The fourth-order valence-corrected chi connectivity index (χ4v) is 2.69. The van der Waals surface area contributed by atoms with Gasteiger partial charge in [-0.15, -0.1) is 0 Å². The molecule has 2 amide bonds. The molecular formula is C14H12N2O4. The highest BCUT2D eigenvalue weighted by Crippen LogP contribution is 2.36. The van der Waals surface area contributed by atoms with Crippen LogP contribution in [-0.2, 0) is 9.59 Å². The van der Waals surface area contributed by atoms with E-state index >= 15 is 0 Å². The average molecular weight is 272 g/mol. The second kappa shape index (κ2) is 4.56. The molecule has 2 heterocycles. The van der Waals surface area contributed by atoms with Crippen molar-refractivity contribution in [2.75, 3.05) is 4.90 Å². The maximum Gasteiger partial charge on any atom is 0.354 e. The molecular weight excluding hydrogens is 260 g/mol. The van der Waals surface area contributed by atoms with Crippen molar-refractivity contribution in [1.82, 2.24) is 4.98 Å². The smallest absolute Gasteiger partial charge is 0.354 e. The van der Waals surface area contributed by atoms with Gasteiger partial charge in [-0.3, -0.25) is 9.59 Å². The molecule has 6 heteroatoms. The van der Waals surface area contributed by atoms with Crippen molar-refractivity contribution < 1.29 is 19.5 Å². The highest BCUT2D eigenvalue weighted by atomic mass is 16.4. The molecule has 20 heavy (non-hydrogen) atoms. The molecule has 2 atom stereocenters. The quantitative estimate of drug-likeness (QED) is 0.646. The molecule has 1 aromatic heterocycles. The lowest BCUT2D eigenvalue weighted by molar-refractivity contribution is -0.122. The van der Waals surface area contributed by atoms with Crippen LogP contribution in [0.5, 0.6) is 0 Å². The number of carbonyl (C=O) groups is 3. The number of pyridine rings is 1. The van der Waals surface area contributed by atoms with Crippen LogP contribution in [0.2, 0.25) is 0 Å². The first kappa shape index (κ1) is 12.5. The van der Waals surface area contributed by atoms with Gasteiger partial charge in [0.1, 0.15) is 5.82 Å². The largest absolute Gasteiger partial charge is 0.477 e. The topological polar surface area (TPSA) is 87.6 Å². The second-order valence-corrected chi connectivity index (χ2v) is 4.85. The van der Waals surface area contributed by atoms with Crippen molar-refractivity contribution in [2.24, 2.45) is 11.8 Å². The predicted molar refractivity (Wildman–Crippen MR) is 69.0 cm³/mol. The van der Waals surface area contributed by atoms with E-state index in [0.29, 0.717) is 12.8 Å². The minimum Gasteiger partial charge on any atom is -0.477 e. The van der Waals surface area contributed by atoms with Crippen LogP contribution in [0.15, 0.2) is 30.4 Å². The van der Waals surface area contributed by atoms with Crippen molar-refractivity contribution in [3.05, 3.63) is 36.0 Å². The minimum atomic E-state index is -1.19. The zero-order chi connectivity index (χ0) is 14.3. The van der Waals surface area contributed by atoms with E-state index in [0.717, 1.165) is 4.90 Å². The first-order chi connectivity index (χ1) is 9.59. The van der Waals surface area contributed by atoms with E-state index < -0.39 is 5.97 Å². The van der Waals surface area contributed by atoms with Crippen molar-refractivity contribution in [1.29, 1.82) is 0 Å². The van der Waals surface area contributed by atoms with Gasteiger partial charge in [-0.1, -0.05) is 18.2 Å². The Bertz CT molecular complexity index is 612. The number of hydrogen-bond acceptors (Lipinski definition) is 4. The summed E-state index contributed by atoms with van der Waals surface area (Å²) in [6, 6.07) is 4.28. The summed E-state index contributed by atoms with van der Waals surface area (Å²) in [4.78, 5) is 40.5. The Morgan fingerprint density at radius 1 is 1.15 bits per heavy atom. The van der Waals surface area contributed by atoms with E-state index in [1.54, 1.807) is 0 Å². The van der Waals surface area contributed by atoms with Crippen molar-refractivity contribution in [3.63, 3.8) is 0 Å². The van der Waals surface area contributed by atoms with Gasteiger partial charge >= 0.3 is 5.97 Å². The van der Waals surface area contributed by atoms with Crippen LogP contribution in [0.1, 0.15) is 23.3 Å². The Balaban J connectivity index is 1.98. The van der Waals surface area contributed by atoms with Gasteiger partial charge in [0.05, 0.1) is 11.8 Å². The molecule has 1 N–H and O–H groups in total. The SMILES string of the molecule is O=C(O)c1cccc(N2C(=O)[C@H]3CC=CC[C@H]3C2=O)n1. The third kappa shape index (κ3) is 1.80. The van der Waals surface area contributed by atoms with Gasteiger partial charge in [-0.2, -0.15) is 0 Å². The number of rotatable bonds is 2. The summed E-state index contributed by atoms with van der Waals surface area (Å²) >= 11 is 0. The zero-order valence-electron chi connectivity index (χ0n) is 10.5. The first-order valence-electron chi connectivity index (χ1n) is 6.33. The molecule has 0 aromatic carbocycles. The Morgan fingerprint density at radius 2 is 1.75 bits per heavy atom. The number of amides is 2. The van der Waals surface area contributed by atoms with Crippen LogP contribution < -0.4 is 4.90 Å². The van der Waals surface area contributed by atoms with Gasteiger partial charge in [0.15, 0.2) is 5.69 Å². The third-order valence-electron chi connectivity index (χ3n) is 3.69. The summed E-state index contributed by atoms with van der Waals surface area (Å²) in [7, 11) is 0. The molecule has 102 valence electrons. The third-order valence-corrected chi connectivity index (χ3v) is 3.69. The number of allylic oxidation sites excluding steroid dienone is 2. The number of nitrogens with zero attached hydrogens (tertiary/aromatic N) is 2. The second-order valence-electron chi connectivity index (χ2n) is 4.85. The Labute approximate surface area is 114 Å². The minimum absolute atomic E-state index is 0.0919. The van der Waals surface area contributed by atoms with E-state index in [4.69, 9.17) is 5.11 Å². The van der Waals surface area contributed by atoms with Gasteiger partial charge in [0.2, 0.25) is 11.8 Å². The first-order valence-corrected chi connectivity index (χ1v) is 6.33. The average Bonchev–Trinajstić information content (AvgIpc) is 2.72. The molecule has 1 aliphatic carbocycles. The lowest BCUT2D eigenvalue weighted by Crippen LogP contribution is -2.32. The molecule has 1 saturated heterocycles. The molecule has 3 rings (SSSR count). The van der Waals surface area contributed by atoms with Crippen LogP contribution in [0.25, 0.3) is 0 Å². The van der Waals surface area contributed by atoms with E-state index in [9.17, 15) is 14.4 Å². The molecule has 0 bridgehead atoms. The number of carbonyl (C=O) groups excluding carboxylic acids is 2. The highest BCUT2D eigenvalue weighted by Gasteiger charge is 2.48. The summed E-state index contributed by atoms with van der Waals surface area (Å²) in [5.74, 6) is -2.37. The normalized spacial score (nSPS) is 24.9. The van der Waals surface area contributed by atoms with E-state index in [-0.39, 0.29) is 35.2 Å². The molecule has 0 radical (unpaired) electrons. The zero-order valence-corrected chi connectivity index (χ0v) is 10.5. The predicted octanol–water partition coefficient (Wildman–Crippen LogP) is 1.24. The number of aromatic carboxylic acids is 1. The van der Waals surface area contributed by atoms with Gasteiger partial charge in [-0.25, -0.2) is 14.7 Å². The molecule has 0 unspecified atom stereocenters. The fourth-order valence-electron chi connectivity index (χ4n) is 2.69. The van der Waals surface area contributed by atoms with Crippen molar-refractivity contribution in [2.45, 2.75) is 12.8 Å². The molecule has 2 aliphatic rings. The molecule has 1 aromatic rings. The van der Waals surface area contributed by atoms with Gasteiger partial charge in [0.25, 0.3) is 0 Å². The lowest BCUT2D eigenvalue weighted by Gasteiger charge is -2.14. The lowest BCUT2D eigenvalue weighted by atomic mass is 9.85. The van der Waals surface area contributed by atoms with Crippen LogP contribution >= 0.6 is 0 Å². The van der Waals surface area contributed by atoms with Crippen molar-refractivity contribution in [3.8, 4) is 0 Å². The summed E-state index contributed by atoms with van der Waals surface area (Å²) in [5, 5.41) is 8.93. The monoisotopic (exact) mass is 272 g/mol. The number of fused-ring (bicyclic) bond motifs is 1. The maximum absolute atomic E-state index is 12.3. The molecule has 0 saturated carbocycles. The van der Waals surface area contributed by atoms with Gasteiger partial charge < -0.3 is 5.11 Å². The summed E-state index contributed by atoms with van der Waals surface area (Å²) in [6.07, 6.45) is 4.89. The Hall–Kier alpha value is -2.50. The molecule has 6 nitrogen and oxygen atoms in total. The van der Waals surface area contributed by atoms with Crippen LogP contribution in [0.4, 0.5) is 5.82 Å². The van der Waals surface area contributed by atoms with E-state index in [1.165, 1.54) is 18.2 Å². The van der Waals surface area contributed by atoms with Crippen LogP contribution in [0, 0.1) is 11.8 Å². The van der Waals surface area contributed by atoms with Crippen LogP contribution in [0.3, 0.4) is 0 Å². The number of carboxylic acid groups (broad SMARTS) is 1. The summed E-state index contributed by atoms with van der Waals surface area (Å²) in [5.41, 5.74) is -0.184. The number of hydrogen-bond donors (Lipinski definition) is 1. The van der Waals surface area contributed by atoms with Gasteiger partial charge in [-0.05, 0) is 25.0 Å². The Morgan fingerprint density at radius 3 is 2.30 bits per heavy atom. The summed E-state index contributed by atoms with van der Waals surface area (Å²) < 4.78 is 0. The van der Waals surface area contributed by atoms with E-state index in [2.05, 4.69) is 4.98 Å². The number of anilines is 1. The van der Waals surface area contributed by atoms with Crippen molar-refractivity contribution >= 4 is 23.6 Å². The maximum atomic E-state index is 12.3.